The van der Waals surface area contributed by atoms with Crippen LogP contribution in [0.3, 0.4) is 0 Å². The second-order valence-electron chi connectivity index (χ2n) is 2.18. The fourth-order valence-electron chi connectivity index (χ4n) is 0.548. The summed E-state index contributed by atoms with van der Waals surface area (Å²) in [5, 5.41) is 0. The summed E-state index contributed by atoms with van der Waals surface area (Å²) in [5.74, 6) is 0. The number of rotatable bonds is 2. The molecule has 0 unspecified atom stereocenters. The van der Waals surface area contributed by atoms with Gasteiger partial charge in [0.05, 0.1) is 0 Å². The van der Waals surface area contributed by atoms with Crippen molar-refractivity contribution in [2.75, 3.05) is 7.05 Å². The molecule has 0 heterocycles. The van der Waals surface area contributed by atoms with Crippen LogP contribution in [0.25, 0.3) is 0 Å². The van der Waals surface area contributed by atoms with Crippen LogP contribution in [0.1, 0.15) is 34.6 Å². The molecule has 0 aromatic carbocycles. The number of aliphatic imine (C=N–C) groups is 2. The lowest BCUT2D eigenvalue weighted by Crippen LogP contribution is -1.94. The van der Waals surface area contributed by atoms with Crippen LogP contribution in [0, 0.1) is 0 Å². The van der Waals surface area contributed by atoms with Gasteiger partial charge >= 0.3 is 0 Å². The summed E-state index contributed by atoms with van der Waals surface area (Å²) in [4.78, 5) is 7.83. The maximum atomic E-state index is 4.03. The van der Waals surface area contributed by atoms with Gasteiger partial charge in [-0.1, -0.05) is 13.8 Å². The topological polar surface area (TPSA) is 24.7 Å². The van der Waals surface area contributed by atoms with E-state index in [0.29, 0.717) is 0 Å². The molecular formula is C10H20N2. The number of hydrogen-bond acceptors (Lipinski definition) is 2. The van der Waals surface area contributed by atoms with Crippen LogP contribution >= 0.6 is 0 Å². The fourth-order valence-corrected chi connectivity index (χ4v) is 0.548. The van der Waals surface area contributed by atoms with Crippen molar-refractivity contribution >= 4 is 12.4 Å². The Morgan fingerprint density at radius 1 is 1.08 bits per heavy atom. The highest BCUT2D eigenvalue weighted by Crippen LogP contribution is 2.05. The Kier molecular flexibility index (Phi) is 9.31. The van der Waals surface area contributed by atoms with Gasteiger partial charge in [0.2, 0.25) is 0 Å². The van der Waals surface area contributed by atoms with E-state index in [4.69, 9.17) is 0 Å². The summed E-state index contributed by atoms with van der Waals surface area (Å²) >= 11 is 0. The second kappa shape index (κ2) is 8.18. The van der Waals surface area contributed by atoms with E-state index in [9.17, 15) is 0 Å². The molecule has 0 bridgehead atoms. The number of allylic oxidation sites excluding steroid dienone is 2. The third-order valence-corrected chi connectivity index (χ3v) is 1.66. The lowest BCUT2D eigenvalue weighted by molar-refractivity contribution is 1.25. The van der Waals surface area contributed by atoms with Crippen LogP contribution in [-0.2, 0) is 0 Å². The molecule has 0 spiro atoms. The van der Waals surface area contributed by atoms with Gasteiger partial charge in [-0.15, -0.1) is 0 Å². The van der Waals surface area contributed by atoms with Gasteiger partial charge in [0.15, 0.2) is 0 Å². The number of hydrogen-bond donors (Lipinski definition) is 0. The van der Waals surface area contributed by atoms with E-state index >= 15 is 0 Å². The highest BCUT2D eigenvalue weighted by Gasteiger charge is 1.95. The predicted octanol–water partition coefficient (Wildman–Crippen LogP) is 3.10. The van der Waals surface area contributed by atoms with E-state index in [1.165, 1.54) is 0 Å². The summed E-state index contributed by atoms with van der Waals surface area (Å²) in [7, 11) is 1.77. The minimum Gasteiger partial charge on any atom is -0.293 e. The summed E-state index contributed by atoms with van der Waals surface area (Å²) in [6.07, 6.45) is 0. The first kappa shape index (κ1) is 13.7. The molecular weight excluding hydrogens is 148 g/mol. The number of nitrogens with zero attached hydrogens (tertiary/aromatic N) is 2. The van der Waals surface area contributed by atoms with Crippen molar-refractivity contribution < 1.29 is 0 Å². The van der Waals surface area contributed by atoms with Crippen LogP contribution < -0.4 is 0 Å². The largest absolute Gasteiger partial charge is 0.293 e. The lowest BCUT2D eigenvalue weighted by Gasteiger charge is -2.00. The monoisotopic (exact) mass is 168 g/mol. The van der Waals surface area contributed by atoms with E-state index in [1.807, 2.05) is 34.6 Å². The highest BCUT2D eigenvalue weighted by molar-refractivity contribution is 5.98. The van der Waals surface area contributed by atoms with Crippen LogP contribution in [-0.4, -0.2) is 19.5 Å². The van der Waals surface area contributed by atoms with E-state index in [0.717, 1.165) is 17.0 Å². The zero-order valence-corrected chi connectivity index (χ0v) is 9.10. The molecule has 2 heteroatoms. The molecule has 0 fully saturated rings. The molecule has 0 aliphatic heterocycles. The Morgan fingerprint density at radius 2 is 1.50 bits per heavy atom. The summed E-state index contributed by atoms with van der Waals surface area (Å²) in [6, 6.07) is 0. The Bertz CT molecular complexity index is 188. The molecule has 0 aromatic rings. The zero-order chi connectivity index (χ0) is 10.1. The first-order valence-corrected chi connectivity index (χ1v) is 4.21. The van der Waals surface area contributed by atoms with Crippen molar-refractivity contribution in [3.05, 3.63) is 11.3 Å². The van der Waals surface area contributed by atoms with Crippen LogP contribution in [0.4, 0.5) is 0 Å². The van der Waals surface area contributed by atoms with Crippen LogP contribution in [0.15, 0.2) is 21.3 Å². The highest BCUT2D eigenvalue weighted by atomic mass is 14.7. The van der Waals surface area contributed by atoms with Crippen molar-refractivity contribution in [3.8, 4) is 0 Å². The minimum atomic E-state index is 0.947. The Morgan fingerprint density at radius 3 is 1.75 bits per heavy atom. The molecule has 0 amide bonds. The van der Waals surface area contributed by atoms with Gasteiger partial charge in [0, 0.05) is 18.5 Å². The van der Waals surface area contributed by atoms with Crippen molar-refractivity contribution in [1.82, 2.24) is 0 Å². The molecule has 12 heavy (non-hydrogen) atoms. The molecule has 0 aromatic heterocycles. The van der Waals surface area contributed by atoms with Crippen molar-refractivity contribution in [2.45, 2.75) is 34.6 Å². The molecule has 70 valence electrons. The zero-order valence-electron chi connectivity index (χ0n) is 9.10. The van der Waals surface area contributed by atoms with Crippen LogP contribution in [0.5, 0.6) is 0 Å². The van der Waals surface area contributed by atoms with E-state index in [2.05, 4.69) is 16.7 Å². The molecule has 0 aliphatic rings. The normalized spacial score (nSPS) is 12.7. The molecule has 0 N–H and O–H groups in total. The average molecular weight is 168 g/mol. The molecule has 0 saturated carbocycles. The van der Waals surface area contributed by atoms with Gasteiger partial charge in [-0.3, -0.25) is 9.98 Å². The molecule has 0 aliphatic carbocycles. The molecule has 0 atom stereocenters. The van der Waals surface area contributed by atoms with E-state index in [1.54, 1.807) is 7.05 Å². The third kappa shape index (κ3) is 4.83. The summed E-state index contributed by atoms with van der Waals surface area (Å²) in [5.41, 5.74) is 3.07. The first-order valence-electron chi connectivity index (χ1n) is 4.21. The quantitative estimate of drug-likeness (QED) is 0.566. The third-order valence-electron chi connectivity index (χ3n) is 1.66. The van der Waals surface area contributed by atoms with Gasteiger partial charge in [-0.25, -0.2) is 0 Å². The van der Waals surface area contributed by atoms with Crippen molar-refractivity contribution in [2.24, 2.45) is 9.98 Å². The molecule has 0 saturated heterocycles. The Hall–Kier alpha value is -0.920. The van der Waals surface area contributed by atoms with Crippen molar-refractivity contribution in [3.63, 3.8) is 0 Å². The predicted molar refractivity (Wildman–Crippen MR) is 58.3 cm³/mol. The molecule has 2 nitrogen and oxygen atoms in total. The minimum absolute atomic E-state index is 0.947. The van der Waals surface area contributed by atoms with Gasteiger partial charge in [-0.2, -0.15) is 0 Å². The van der Waals surface area contributed by atoms with E-state index < -0.39 is 0 Å². The van der Waals surface area contributed by atoms with Crippen LogP contribution in [0.2, 0.25) is 0 Å². The summed E-state index contributed by atoms with van der Waals surface area (Å²) in [6.45, 7) is 13.3. The van der Waals surface area contributed by atoms with Gasteiger partial charge in [-0.05, 0) is 33.1 Å². The molecule has 0 radical (unpaired) electrons. The lowest BCUT2D eigenvalue weighted by atomic mass is 10.1. The van der Waals surface area contributed by atoms with Gasteiger partial charge < -0.3 is 0 Å². The van der Waals surface area contributed by atoms with Gasteiger partial charge in [0.25, 0.3) is 0 Å². The maximum Gasteiger partial charge on any atom is 0.0412 e. The maximum absolute atomic E-state index is 4.03. The molecule has 0 rings (SSSR count). The Balaban J connectivity index is 0. The summed E-state index contributed by atoms with van der Waals surface area (Å²) < 4.78 is 0. The average Bonchev–Trinajstić information content (AvgIpc) is 2.17. The first-order chi connectivity index (χ1) is 5.63. The van der Waals surface area contributed by atoms with Crippen molar-refractivity contribution in [1.29, 1.82) is 0 Å². The van der Waals surface area contributed by atoms with Gasteiger partial charge in [0.1, 0.15) is 0 Å². The second-order valence-corrected chi connectivity index (χ2v) is 2.18. The fraction of sp³-hybridized carbons (Fsp3) is 0.600. The Labute approximate surface area is 76.1 Å². The van der Waals surface area contributed by atoms with E-state index in [-0.39, 0.29) is 0 Å². The SMILES string of the molecule is C=N/C(C)=C(/C)C(C)=NC.CC. The smallest absolute Gasteiger partial charge is 0.0412 e. The standard InChI is InChI=1S/C8H14N2.C2H6/c1-6(7(2)9-4)8(3)10-5;1-2/h4H2,1-3,5H3;1-2H3/b7-6-,10-8?;.